The number of hydrogen-bond donors (Lipinski definition) is 2. The first-order chi connectivity index (χ1) is 12.2. The highest BCUT2D eigenvalue weighted by molar-refractivity contribution is 5.75. The van der Waals surface area contributed by atoms with Crippen molar-refractivity contribution in [3.63, 3.8) is 0 Å². The van der Waals surface area contributed by atoms with E-state index in [4.69, 9.17) is 0 Å². The molecule has 5 heteroatoms. The van der Waals surface area contributed by atoms with Crippen molar-refractivity contribution < 1.29 is 4.79 Å². The predicted molar refractivity (Wildman–Crippen MR) is 100 cm³/mol. The monoisotopic (exact) mass is 340 g/mol. The van der Waals surface area contributed by atoms with Gasteiger partial charge in [0, 0.05) is 37.9 Å². The molecule has 1 fully saturated rings. The van der Waals surface area contributed by atoms with Gasteiger partial charge in [0.2, 0.25) is 5.91 Å². The molecule has 1 aliphatic rings. The smallest absolute Gasteiger partial charge is 0.220 e. The third-order valence-electron chi connectivity index (χ3n) is 4.87. The molecule has 1 aromatic heterocycles. The topological polar surface area (TPSA) is 61.0 Å². The Labute approximate surface area is 149 Å². The summed E-state index contributed by atoms with van der Waals surface area (Å²) >= 11 is 0. The number of rotatable bonds is 7. The van der Waals surface area contributed by atoms with Gasteiger partial charge < -0.3 is 10.2 Å². The minimum absolute atomic E-state index is 0.109. The largest absolute Gasteiger partial charge is 0.371 e. The summed E-state index contributed by atoms with van der Waals surface area (Å²) in [7, 11) is 0. The van der Waals surface area contributed by atoms with E-state index in [-0.39, 0.29) is 5.91 Å². The molecule has 0 radical (unpaired) electrons. The maximum absolute atomic E-state index is 12.0. The van der Waals surface area contributed by atoms with Crippen LogP contribution >= 0.6 is 0 Å². The van der Waals surface area contributed by atoms with E-state index < -0.39 is 0 Å². The molecule has 1 aliphatic heterocycles. The van der Waals surface area contributed by atoms with Crippen molar-refractivity contribution in [3.8, 4) is 0 Å². The van der Waals surface area contributed by atoms with Gasteiger partial charge in [-0.25, -0.2) is 0 Å². The lowest BCUT2D eigenvalue weighted by Gasteiger charge is -2.32. The van der Waals surface area contributed by atoms with Crippen LogP contribution in [-0.4, -0.2) is 29.2 Å². The number of amides is 1. The number of benzene rings is 1. The van der Waals surface area contributed by atoms with E-state index in [0.717, 1.165) is 43.0 Å². The number of piperidine rings is 1. The van der Waals surface area contributed by atoms with Crippen LogP contribution in [-0.2, 0) is 17.8 Å². The fourth-order valence-corrected chi connectivity index (χ4v) is 3.40. The summed E-state index contributed by atoms with van der Waals surface area (Å²) in [6.45, 7) is 5.22. The number of nitrogens with zero attached hydrogens (tertiary/aromatic N) is 2. The second-order valence-corrected chi connectivity index (χ2v) is 7.10. The van der Waals surface area contributed by atoms with Gasteiger partial charge in [-0.1, -0.05) is 19.1 Å². The van der Waals surface area contributed by atoms with Crippen LogP contribution in [0.5, 0.6) is 0 Å². The normalized spacial score (nSPS) is 17.5. The Balaban J connectivity index is 1.39. The van der Waals surface area contributed by atoms with E-state index in [9.17, 15) is 4.79 Å². The zero-order valence-electron chi connectivity index (χ0n) is 15.0. The summed E-state index contributed by atoms with van der Waals surface area (Å²) in [5.74, 6) is 0.882. The molecule has 1 atom stereocenters. The van der Waals surface area contributed by atoms with Gasteiger partial charge in [0.05, 0.1) is 6.20 Å². The van der Waals surface area contributed by atoms with Crippen molar-refractivity contribution in [2.45, 2.75) is 45.6 Å². The third-order valence-corrected chi connectivity index (χ3v) is 4.87. The van der Waals surface area contributed by atoms with Crippen LogP contribution in [0.25, 0.3) is 0 Å². The number of aryl methyl sites for hydroxylation is 1. The van der Waals surface area contributed by atoms with E-state index in [1.807, 2.05) is 12.4 Å². The minimum atomic E-state index is 0.109. The van der Waals surface area contributed by atoms with Crippen molar-refractivity contribution in [1.29, 1.82) is 0 Å². The van der Waals surface area contributed by atoms with Crippen molar-refractivity contribution in [3.05, 3.63) is 47.8 Å². The first-order valence-electron chi connectivity index (χ1n) is 9.29. The molecule has 1 aromatic carbocycles. The van der Waals surface area contributed by atoms with Gasteiger partial charge in [0.15, 0.2) is 0 Å². The molecule has 0 aliphatic carbocycles. The number of nitrogens with one attached hydrogen (secondary N) is 2. The van der Waals surface area contributed by atoms with Gasteiger partial charge in [-0.2, -0.15) is 5.10 Å². The molecule has 1 saturated heterocycles. The zero-order chi connectivity index (χ0) is 17.5. The number of carbonyl (C=O) groups excluding carboxylic acids is 1. The lowest BCUT2D eigenvalue weighted by molar-refractivity contribution is -0.121. The Hall–Kier alpha value is -2.30. The summed E-state index contributed by atoms with van der Waals surface area (Å²) in [4.78, 5) is 14.4. The Morgan fingerprint density at radius 3 is 2.88 bits per heavy atom. The molecular weight excluding hydrogens is 312 g/mol. The molecule has 0 bridgehead atoms. The highest BCUT2D eigenvalue weighted by Gasteiger charge is 2.16. The van der Waals surface area contributed by atoms with Gasteiger partial charge in [0.25, 0.3) is 0 Å². The van der Waals surface area contributed by atoms with E-state index in [1.165, 1.54) is 18.5 Å². The highest BCUT2D eigenvalue weighted by atomic mass is 16.1. The van der Waals surface area contributed by atoms with Crippen molar-refractivity contribution in [2.75, 3.05) is 18.0 Å². The van der Waals surface area contributed by atoms with E-state index in [1.54, 1.807) is 0 Å². The van der Waals surface area contributed by atoms with E-state index >= 15 is 0 Å². The number of aromatic nitrogens is 2. The molecule has 2 N–H and O–H groups in total. The first kappa shape index (κ1) is 17.5. The number of hydrogen-bond acceptors (Lipinski definition) is 3. The van der Waals surface area contributed by atoms with Crippen LogP contribution in [0.1, 0.15) is 43.7 Å². The molecule has 25 heavy (non-hydrogen) atoms. The fourth-order valence-electron chi connectivity index (χ4n) is 3.40. The van der Waals surface area contributed by atoms with Gasteiger partial charge in [0.1, 0.15) is 0 Å². The standard InChI is InChI=1S/C20H28N4O/c1-16-4-3-11-24(15-16)19-9-7-17(8-10-19)12-21-20(25)6-2-5-18-13-22-23-14-18/h7-10,13-14,16H,2-6,11-12,15H2,1H3,(H,21,25)(H,22,23)/t16-/m1/s1. The SMILES string of the molecule is C[C@@H]1CCCN(c2ccc(CNC(=O)CCCc3cn[nH]c3)cc2)C1. The molecule has 5 nitrogen and oxygen atoms in total. The third kappa shape index (κ3) is 5.34. The quantitative estimate of drug-likeness (QED) is 0.813. The number of anilines is 1. The van der Waals surface area contributed by atoms with Gasteiger partial charge in [-0.15, -0.1) is 0 Å². The molecule has 3 rings (SSSR count). The number of aromatic amines is 1. The maximum Gasteiger partial charge on any atom is 0.220 e. The molecule has 0 saturated carbocycles. The Bertz CT molecular complexity index is 651. The average molecular weight is 340 g/mol. The van der Waals surface area contributed by atoms with Crippen LogP contribution in [0.3, 0.4) is 0 Å². The van der Waals surface area contributed by atoms with Crippen LogP contribution in [0.2, 0.25) is 0 Å². The lowest BCUT2D eigenvalue weighted by Crippen LogP contribution is -2.34. The Kier molecular flexibility index (Phi) is 6.09. The molecule has 134 valence electrons. The molecule has 0 unspecified atom stereocenters. The summed E-state index contributed by atoms with van der Waals surface area (Å²) in [6.07, 6.45) is 8.57. The first-order valence-corrected chi connectivity index (χ1v) is 9.29. The molecular formula is C20H28N4O. The Morgan fingerprint density at radius 1 is 1.32 bits per heavy atom. The summed E-state index contributed by atoms with van der Waals surface area (Å²) < 4.78 is 0. The van der Waals surface area contributed by atoms with Gasteiger partial charge >= 0.3 is 0 Å². The Morgan fingerprint density at radius 2 is 2.16 bits per heavy atom. The second-order valence-electron chi connectivity index (χ2n) is 7.10. The van der Waals surface area contributed by atoms with Crippen LogP contribution in [0.4, 0.5) is 5.69 Å². The second kappa shape index (κ2) is 8.70. The number of H-pyrrole nitrogens is 1. The van der Waals surface area contributed by atoms with Crippen LogP contribution in [0.15, 0.2) is 36.7 Å². The summed E-state index contributed by atoms with van der Waals surface area (Å²) in [5.41, 5.74) is 3.59. The van der Waals surface area contributed by atoms with Gasteiger partial charge in [-0.05, 0) is 54.9 Å². The zero-order valence-corrected chi connectivity index (χ0v) is 15.0. The minimum Gasteiger partial charge on any atom is -0.371 e. The number of carbonyl (C=O) groups is 1. The van der Waals surface area contributed by atoms with E-state index in [2.05, 4.69) is 51.6 Å². The predicted octanol–water partition coefficient (Wildman–Crippen LogP) is 3.29. The van der Waals surface area contributed by atoms with Crippen molar-refractivity contribution in [1.82, 2.24) is 15.5 Å². The summed E-state index contributed by atoms with van der Waals surface area (Å²) in [5, 5.41) is 9.71. The molecule has 0 spiro atoms. The lowest BCUT2D eigenvalue weighted by atomic mass is 9.99. The van der Waals surface area contributed by atoms with Crippen molar-refractivity contribution >= 4 is 11.6 Å². The maximum atomic E-state index is 12.0. The fraction of sp³-hybridized carbons (Fsp3) is 0.500. The van der Waals surface area contributed by atoms with Crippen LogP contribution < -0.4 is 10.2 Å². The average Bonchev–Trinajstić information content (AvgIpc) is 3.14. The van der Waals surface area contributed by atoms with Crippen LogP contribution in [0, 0.1) is 5.92 Å². The molecule has 2 heterocycles. The van der Waals surface area contributed by atoms with E-state index in [0.29, 0.717) is 13.0 Å². The van der Waals surface area contributed by atoms with Gasteiger partial charge in [-0.3, -0.25) is 9.89 Å². The molecule has 1 amide bonds. The molecule has 2 aromatic rings. The highest BCUT2D eigenvalue weighted by Crippen LogP contribution is 2.23. The van der Waals surface area contributed by atoms with Crippen molar-refractivity contribution in [2.24, 2.45) is 5.92 Å². The summed E-state index contributed by atoms with van der Waals surface area (Å²) in [6, 6.07) is 8.61.